The van der Waals surface area contributed by atoms with E-state index in [1.165, 1.54) is 0 Å². The minimum absolute atomic E-state index is 0.0969. The molecule has 18 heavy (non-hydrogen) atoms. The number of carboxylic acid groups (broad SMARTS) is 1. The highest BCUT2D eigenvalue weighted by molar-refractivity contribution is 5.77. The minimum atomic E-state index is -0.866. The highest BCUT2D eigenvalue weighted by Crippen LogP contribution is 2.32. The van der Waals surface area contributed by atoms with Crippen molar-refractivity contribution < 1.29 is 19.8 Å². The summed E-state index contributed by atoms with van der Waals surface area (Å²) in [6, 6.07) is 0. The van der Waals surface area contributed by atoms with E-state index >= 15 is 0 Å². The van der Waals surface area contributed by atoms with Gasteiger partial charge in [-0.1, -0.05) is 0 Å². The highest BCUT2D eigenvalue weighted by Gasteiger charge is 2.36. The Bertz CT molecular complexity index is 311. The summed E-state index contributed by atoms with van der Waals surface area (Å²) in [4.78, 5) is 23.8. The third-order valence-electron chi connectivity index (χ3n) is 3.52. The SMILES string of the molecule is CNC(=O)CN(C)CC1(O)CCC(C(=O)O)CC1. The summed E-state index contributed by atoms with van der Waals surface area (Å²) in [5.41, 5.74) is -0.866. The number of aliphatic hydroxyl groups is 1. The fourth-order valence-corrected chi connectivity index (χ4v) is 2.44. The third-order valence-corrected chi connectivity index (χ3v) is 3.52. The van der Waals surface area contributed by atoms with Crippen LogP contribution in [-0.4, -0.2) is 59.8 Å². The molecule has 0 spiro atoms. The first-order chi connectivity index (χ1) is 8.36. The first-order valence-electron chi connectivity index (χ1n) is 6.20. The van der Waals surface area contributed by atoms with E-state index in [4.69, 9.17) is 5.11 Å². The molecule has 0 saturated heterocycles. The van der Waals surface area contributed by atoms with Crippen molar-refractivity contribution in [1.29, 1.82) is 0 Å². The Kier molecular flexibility index (Phi) is 5.10. The number of likely N-dealkylation sites (N-methyl/N-ethyl adjacent to an activating group) is 2. The smallest absolute Gasteiger partial charge is 0.306 e. The maximum absolute atomic E-state index is 11.2. The van der Waals surface area contributed by atoms with Crippen LogP contribution in [0.25, 0.3) is 0 Å². The summed E-state index contributed by atoms with van der Waals surface area (Å²) in [6.07, 6.45) is 1.95. The molecule has 1 rings (SSSR count). The quantitative estimate of drug-likeness (QED) is 0.628. The lowest BCUT2D eigenvalue weighted by Crippen LogP contribution is -2.47. The first kappa shape index (κ1) is 14.9. The Morgan fingerprint density at radius 2 is 1.94 bits per heavy atom. The molecule has 0 radical (unpaired) electrons. The second kappa shape index (κ2) is 6.15. The highest BCUT2D eigenvalue weighted by atomic mass is 16.4. The molecule has 0 heterocycles. The maximum Gasteiger partial charge on any atom is 0.306 e. The van der Waals surface area contributed by atoms with Crippen LogP contribution in [0.3, 0.4) is 0 Å². The van der Waals surface area contributed by atoms with E-state index in [1.54, 1.807) is 19.0 Å². The van der Waals surface area contributed by atoms with Crippen LogP contribution in [0.1, 0.15) is 25.7 Å². The first-order valence-corrected chi connectivity index (χ1v) is 6.20. The van der Waals surface area contributed by atoms with Gasteiger partial charge in [0.15, 0.2) is 0 Å². The van der Waals surface area contributed by atoms with E-state index in [0.717, 1.165) is 0 Å². The average Bonchev–Trinajstić information content (AvgIpc) is 2.28. The van der Waals surface area contributed by atoms with Gasteiger partial charge in [0.25, 0.3) is 0 Å². The zero-order valence-corrected chi connectivity index (χ0v) is 11.0. The Balaban J connectivity index is 2.42. The summed E-state index contributed by atoms with van der Waals surface area (Å²) in [7, 11) is 3.35. The Morgan fingerprint density at radius 3 is 2.39 bits per heavy atom. The molecule has 6 heteroatoms. The van der Waals surface area contributed by atoms with Gasteiger partial charge in [-0.25, -0.2) is 0 Å². The molecule has 0 atom stereocenters. The summed E-state index contributed by atoms with van der Waals surface area (Å²) in [5, 5.41) is 21.8. The number of carboxylic acids is 1. The summed E-state index contributed by atoms with van der Waals surface area (Å²) in [6.45, 7) is 0.633. The van der Waals surface area contributed by atoms with Gasteiger partial charge in [-0.15, -0.1) is 0 Å². The molecule has 1 amide bonds. The monoisotopic (exact) mass is 258 g/mol. The second-order valence-electron chi connectivity index (χ2n) is 5.18. The molecular weight excluding hydrogens is 236 g/mol. The molecule has 1 saturated carbocycles. The molecule has 6 nitrogen and oxygen atoms in total. The fourth-order valence-electron chi connectivity index (χ4n) is 2.44. The van der Waals surface area contributed by atoms with Crippen molar-refractivity contribution in [3.63, 3.8) is 0 Å². The summed E-state index contributed by atoms with van der Waals surface area (Å²) >= 11 is 0. The van der Waals surface area contributed by atoms with E-state index in [1.807, 2.05) is 0 Å². The van der Waals surface area contributed by atoms with Crippen LogP contribution >= 0.6 is 0 Å². The van der Waals surface area contributed by atoms with E-state index in [9.17, 15) is 14.7 Å². The molecule has 0 aromatic heterocycles. The van der Waals surface area contributed by atoms with Crippen molar-refractivity contribution >= 4 is 11.9 Å². The Labute approximate surface area is 107 Å². The molecular formula is C12H22N2O4. The predicted molar refractivity (Wildman–Crippen MR) is 66.1 cm³/mol. The number of nitrogens with one attached hydrogen (secondary N) is 1. The number of nitrogens with zero attached hydrogens (tertiary/aromatic N) is 1. The average molecular weight is 258 g/mol. The lowest BCUT2D eigenvalue weighted by atomic mass is 9.78. The van der Waals surface area contributed by atoms with E-state index < -0.39 is 11.6 Å². The molecule has 0 aromatic carbocycles. The molecule has 0 aromatic rings. The largest absolute Gasteiger partial charge is 0.481 e. The number of carbonyl (C=O) groups is 2. The van der Waals surface area contributed by atoms with Gasteiger partial charge < -0.3 is 15.5 Å². The number of rotatable bonds is 5. The maximum atomic E-state index is 11.2. The van der Waals surface area contributed by atoms with E-state index in [2.05, 4.69) is 5.32 Å². The van der Waals surface area contributed by atoms with Gasteiger partial charge in [0.05, 0.1) is 18.1 Å². The third kappa shape index (κ3) is 4.27. The lowest BCUT2D eigenvalue weighted by molar-refractivity contribution is -0.145. The van der Waals surface area contributed by atoms with Gasteiger partial charge in [-0.05, 0) is 32.7 Å². The van der Waals surface area contributed by atoms with Gasteiger partial charge in [0, 0.05) is 13.6 Å². The zero-order chi connectivity index (χ0) is 13.8. The van der Waals surface area contributed by atoms with Gasteiger partial charge in [-0.3, -0.25) is 14.5 Å². The Hall–Kier alpha value is -1.14. The van der Waals surface area contributed by atoms with Gasteiger partial charge in [-0.2, -0.15) is 0 Å². The van der Waals surface area contributed by atoms with Gasteiger partial charge in [0.2, 0.25) is 5.91 Å². The predicted octanol–water partition coefficient (Wildman–Crippen LogP) is -0.330. The van der Waals surface area contributed by atoms with Crippen LogP contribution in [0.2, 0.25) is 0 Å². The van der Waals surface area contributed by atoms with Crippen molar-refractivity contribution in [3.8, 4) is 0 Å². The normalized spacial score (nSPS) is 28.1. The van der Waals surface area contributed by atoms with Crippen LogP contribution in [0.5, 0.6) is 0 Å². The zero-order valence-electron chi connectivity index (χ0n) is 11.0. The summed E-state index contributed by atoms with van der Waals surface area (Å²) < 4.78 is 0. The molecule has 0 aliphatic heterocycles. The topological polar surface area (TPSA) is 89.9 Å². The minimum Gasteiger partial charge on any atom is -0.481 e. The molecule has 3 N–H and O–H groups in total. The number of amides is 1. The van der Waals surface area contributed by atoms with E-state index in [-0.39, 0.29) is 18.4 Å². The molecule has 1 fully saturated rings. The van der Waals surface area contributed by atoms with Crippen LogP contribution in [0.15, 0.2) is 0 Å². The van der Waals surface area contributed by atoms with Gasteiger partial charge in [0.1, 0.15) is 0 Å². The number of hydrogen-bond acceptors (Lipinski definition) is 4. The molecule has 0 bridgehead atoms. The van der Waals surface area contributed by atoms with Crippen molar-refractivity contribution in [1.82, 2.24) is 10.2 Å². The van der Waals surface area contributed by atoms with Crippen molar-refractivity contribution in [3.05, 3.63) is 0 Å². The van der Waals surface area contributed by atoms with E-state index in [0.29, 0.717) is 32.2 Å². The second-order valence-corrected chi connectivity index (χ2v) is 5.18. The molecule has 1 aliphatic carbocycles. The standard InChI is InChI=1S/C12H22N2O4/c1-13-10(15)7-14(2)8-12(18)5-3-9(4-6-12)11(16)17/h9,18H,3-8H2,1-2H3,(H,13,15)(H,16,17). The Morgan fingerprint density at radius 1 is 1.39 bits per heavy atom. The number of hydrogen-bond donors (Lipinski definition) is 3. The van der Waals surface area contributed by atoms with Crippen LogP contribution < -0.4 is 5.32 Å². The van der Waals surface area contributed by atoms with Crippen LogP contribution in [-0.2, 0) is 9.59 Å². The van der Waals surface area contributed by atoms with Crippen molar-refractivity contribution in [2.45, 2.75) is 31.3 Å². The molecule has 0 unspecified atom stereocenters. The molecule has 104 valence electrons. The number of aliphatic carboxylic acids is 1. The van der Waals surface area contributed by atoms with Gasteiger partial charge >= 0.3 is 5.97 Å². The lowest BCUT2D eigenvalue weighted by Gasteiger charge is -2.37. The van der Waals surface area contributed by atoms with Crippen molar-refractivity contribution in [2.75, 3.05) is 27.2 Å². The summed E-state index contributed by atoms with van der Waals surface area (Å²) in [5.74, 6) is -1.22. The van der Waals surface area contributed by atoms with Crippen LogP contribution in [0.4, 0.5) is 0 Å². The van der Waals surface area contributed by atoms with Crippen molar-refractivity contribution in [2.24, 2.45) is 5.92 Å². The number of carbonyl (C=O) groups excluding carboxylic acids is 1. The van der Waals surface area contributed by atoms with Crippen LogP contribution in [0, 0.1) is 5.92 Å². The fraction of sp³-hybridized carbons (Fsp3) is 0.833. The molecule has 1 aliphatic rings.